The Bertz CT molecular complexity index is 878. The summed E-state index contributed by atoms with van der Waals surface area (Å²) in [4.78, 5) is 12.6. The molecular formula is C20H24N2O4S. The lowest BCUT2D eigenvalue weighted by Crippen LogP contribution is -2.42. The van der Waals surface area contributed by atoms with Gasteiger partial charge in [0.1, 0.15) is 6.54 Å². The van der Waals surface area contributed by atoms with Crippen molar-refractivity contribution in [1.82, 2.24) is 5.32 Å². The van der Waals surface area contributed by atoms with Crippen molar-refractivity contribution in [3.8, 4) is 0 Å². The molecule has 0 aromatic heterocycles. The first-order valence-electron chi connectivity index (χ1n) is 8.99. The van der Waals surface area contributed by atoms with E-state index < -0.39 is 10.0 Å². The van der Waals surface area contributed by atoms with Gasteiger partial charge in [-0.1, -0.05) is 30.3 Å². The molecule has 1 heterocycles. The van der Waals surface area contributed by atoms with Gasteiger partial charge in [-0.15, -0.1) is 0 Å². The van der Waals surface area contributed by atoms with Gasteiger partial charge in [-0.2, -0.15) is 0 Å². The summed E-state index contributed by atoms with van der Waals surface area (Å²) in [6, 6.07) is 15.3. The van der Waals surface area contributed by atoms with Gasteiger partial charge in [-0.05, 0) is 49.6 Å². The smallest absolute Gasteiger partial charge is 0.264 e. The Hall–Kier alpha value is -2.38. The lowest BCUT2D eigenvalue weighted by atomic mass is 10.2. The topological polar surface area (TPSA) is 75.7 Å². The maximum Gasteiger partial charge on any atom is 0.264 e. The summed E-state index contributed by atoms with van der Waals surface area (Å²) in [5.74, 6) is -0.355. The minimum Gasteiger partial charge on any atom is -0.376 e. The van der Waals surface area contributed by atoms with Gasteiger partial charge in [-0.3, -0.25) is 9.10 Å². The molecule has 2 aromatic carbocycles. The van der Waals surface area contributed by atoms with Gasteiger partial charge >= 0.3 is 0 Å². The molecule has 1 amide bonds. The number of carbonyl (C=O) groups is 1. The quantitative estimate of drug-likeness (QED) is 0.791. The lowest BCUT2D eigenvalue weighted by Gasteiger charge is -2.24. The molecule has 7 heteroatoms. The first kappa shape index (κ1) is 19.4. The number of sulfonamides is 1. The summed E-state index contributed by atoms with van der Waals surface area (Å²) in [5.41, 5.74) is 1.38. The van der Waals surface area contributed by atoms with Crippen LogP contribution in [0.3, 0.4) is 0 Å². The standard InChI is InChI=1S/C20H24N2O4S/c1-16-7-5-8-17(13-16)22(27(24,25)19-10-3-2-4-11-19)15-20(23)21-14-18-9-6-12-26-18/h2-5,7-8,10-11,13,18H,6,9,12,14-15H2,1H3,(H,21,23). The monoisotopic (exact) mass is 388 g/mol. The summed E-state index contributed by atoms with van der Waals surface area (Å²) in [5, 5.41) is 2.79. The number of benzene rings is 2. The van der Waals surface area contributed by atoms with Gasteiger partial charge in [0, 0.05) is 13.2 Å². The Morgan fingerprint density at radius 2 is 1.96 bits per heavy atom. The van der Waals surface area contributed by atoms with Crippen LogP contribution in [0.2, 0.25) is 0 Å². The highest BCUT2D eigenvalue weighted by atomic mass is 32.2. The molecule has 0 bridgehead atoms. The maximum atomic E-state index is 13.2. The van der Waals surface area contributed by atoms with Gasteiger partial charge < -0.3 is 10.1 Å². The molecule has 1 unspecified atom stereocenters. The van der Waals surface area contributed by atoms with E-state index in [2.05, 4.69) is 5.32 Å². The Morgan fingerprint density at radius 1 is 1.19 bits per heavy atom. The second-order valence-corrected chi connectivity index (χ2v) is 8.47. The Kier molecular flexibility index (Phi) is 6.13. The van der Waals surface area contributed by atoms with Gasteiger partial charge in [0.2, 0.25) is 5.91 Å². The van der Waals surface area contributed by atoms with Crippen molar-refractivity contribution in [2.24, 2.45) is 0 Å². The van der Waals surface area contributed by atoms with Crippen molar-refractivity contribution in [2.45, 2.75) is 30.8 Å². The largest absolute Gasteiger partial charge is 0.376 e. The Labute approximate surface area is 160 Å². The van der Waals surface area contributed by atoms with Crippen molar-refractivity contribution in [1.29, 1.82) is 0 Å². The van der Waals surface area contributed by atoms with Gasteiger partial charge in [0.25, 0.3) is 10.0 Å². The molecule has 0 aliphatic carbocycles. The summed E-state index contributed by atoms with van der Waals surface area (Å²) in [7, 11) is -3.86. The van der Waals surface area contributed by atoms with Crippen LogP contribution in [0.5, 0.6) is 0 Å². The number of hydrogen-bond donors (Lipinski definition) is 1. The number of rotatable bonds is 7. The van der Waals surface area contributed by atoms with E-state index in [-0.39, 0.29) is 23.5 Å². The van der Waals surface area contributed by atoms with E-state index >= 15 is 0 Å². The molecule has 1 saturated heterocycles. The highest BCUT2D eigenvalue weighted by molar-refractivity contribution is 7.92. The summed E-state index contributed by atoms with van der Waals surface area (Å²) in [6.45, 7) is 2.70. The normalized spacial score (nSPS) is 16.9. The lowest BCUT2D eigenvalue weighted by molar-refractivity contribution is -0.120. The molecule has 1 atom stereocenters. The van der Waals surface area contributed by atoms with Crippen molar-refractivity contribution >= 4 is 21.6 Å². The summed E-state index contributed by atoms with van der Waals surface area (Å²) < 4.78 is 33.0. The number of aryl methyl sites for hydroxylation is 1. The van der Waals surface area contributed by atoms with E-state index in [0.29, 0.717) is 18.8 Å². The van der Waals surface area contributed by atoms with Crippen LogP contribution < -0.4 is 9.62 Å². The van der Waals surface area contributed by atoms with E-state index in [1.165, 1.54) is 12.1 Å². The van der Waals surface area contributed by atoms with Crippen LogP contribution in [0.15, 0.2) is 59.5 Å². The summed E-state index contributed by atoms with van der Waals surface area (Å²) in [6.07, 6.45) is 1.90. The van der Waals surface area contributed by atoms with Gasteiger partial charge in [-0.25, -0.2) is 8.42 Å². The van der Waals surface area contributed by atoms with Crippen LogP contribution >= 0.6 is 0 Å². The number of hydrogen-bond acceptors (Lipinski definition) is 4. The van der Waals surface area contributed by atoms with Crippen molar-refractivity contribution < 1.29 is 17.9 Å². The number of anilines is 1. The fraction of sp³-hybridized carbons (Fsp3) is 0.350. The minimum atomic E-state index is -3.86. The Morgan fingerprint density at radius 3 is 2.63 bits per heavy atom. The second-order valence-electron chi connectivity index (χ2n) is 6.60. The zero-order chi connectivity index (χ0) is 19.3. The molecule has 1 N–H and O–H groups in total. The Balaban J connectivity index is 1.83. The van der Waals surface area contributed by atoms with E-state index in [4.69, 9.17) is 4.74 Å². The van der Waals surface area contributed by atoms with Crippen LogP contribution in [0.4, 0.5) is 5.69 Å². The number of ether oxygens (including phenoxy) is 1. The molecular weight excluding hydrogens is 364 g/mol. The van der Waals surface area contributed by atoms with E-state index in [0.717, 1.165) is 22.7 Å². The number of nitrogens with one attached hydrogen (secondary N) is 1. The molecule has 1 aliphatic rings. The zero-order valence-electron chi connectivity index (χ0n) is 15.3. The zero-order valence-corrected chi connectivity index (χ0v) is 16.1. The highest BCUT2D eigenvalue weighted by Gasteiger charge is 2.27. The van der Waals surface area contributed by atoms with Crippen LogP contribution in [0, 0.1) is 6.92 Å². The third kappa shape index (κ3) is 4.87. The molecule has 6 nitrogen and oxygen atoms in total. The van der Waals surface area contributed by atoms with Gasteiger partial charge in [0.15, 0.2) is 0 Å². The first-order chi connectivity index (χ1) is 13.0. The summed E-state index contributed by atoms with van der Waals surface area (Å²) >= 11 is 0. The fourth-order valence-corrected chi connectivity index (χ4v) is 4.47. The average Bonchev–Trinajstić information content (AvgIpc) is 3.18. The van der Waals surface area contributed by atoms with Crippen LogP contribution in [0.1, 0.15) is 18.4 Å². The molecule has 2 aromatic rings. The van der Waals surface area contributed by atoms with E-state index in [9.17, 15) is 13.2 Å². The SMILES string of the molecule is Cc1cccc(N(CC(=O)NCC2CCCO2)S(=O)(=O)c2ccccc2)c1. The second kappa shape index (κ2) is 8.54. The molecule has 0 saturated carbocycles. The van der Waals surface area contributed by atoms with Crippen LogP contribution in [-0.2, 0) is 19.6 Å². The first-order valence-corrected chi connectivity index (χ1v) is 10.4. The molecule has 3 rings (SSSR count). The molecule has 1 aliphatic heterocycles. The maximum absolute atomic E-state index is 13.2. The van der Waals surface area contributed by atoms with Crippen molar-refractivity contribution in [2.75, 3.05) is 24.0 Å². The van der Waals surface area contributed by atoms with E-state index in [1.807, 2.05) is 13.0 Å². The fourth-order valence-electron chi connectivity index (χ4n) is 3.04. The molecule has 27 heavy (non-hydrogen) atoms. The third-order valence-electron chi connectivity index (χ3n) is 4.46. The molecule has 144 valence electrons. The predicted octanol–water partition coefficient (Wildman–Crippen LogP) is 2.49. The van der Waals surface area contributed by atoms with Crippen LogP contribution in [-0.4, -0.2) is 40.1 Å². The van der Waals surface area contributed by atoms with Gasteiger partial charge in [0.05, 0.1) is 16.7 Å². The van der Waals surface area contributed by atoms with E-state index in [1.54, 1.807) is 36.4 Å². The molecule has 1 fully saturated rings. The predicted molar refractivity (Wildman–Crippen MR) is 104 cm³/mol. The third-order valence-corrected chi connectivity index (χ3v) is 6.25. The van der Waals surface area contributed by atoms with Crippen molar-refractivity contribution in [3.63, 3.8) is 0 Å². The van der Waals surface area contributed by atoms with Crippen molar-refractivity contribution in [3.05, 3.63) is 60.2 Å². The number of amides is 1. The molecule has 0 radical (unpaired) electrons. The highest BCUT2D eigenvalue weighted by Crippen LogP contribution is 2.24. The average molecular weight is 388 g/mol. The minimum absolute atomic E-state index is 0.00657. The number of carbonyl (C=O) groups excluding carboxylic acids is 1. The number of nitrogens with zero attached hydrogens (tertiary/aromatic N) is 1. The van der Waals surface area contributed by atoms with Crippen LogP contribution in [0.25, 0.3) is 0 Å². The molecule has 0 spiro atoms.